The van der Waals surface area contributed by atoms with Gasteiger partial charge < -0.3 is 29.8 Å². The lowest BCUT2D eigenvalue weighted by Crippen LogP contribution is -2.39. The number of likely N-dealkylation sites (N-methyl/N-ethyl adjacent to an activating group) is 1. The van der Waals surface area contributed by atoms with Crippen LogP contribution in [0.2, 0.25) is 0 Å². The molecule has 3 aromatic rings. The van der Waals surface area contributed by atoms with E-state index in [1.165, 1.54) is 6.26 Å². The summed E-state index contributed by atoms with van der Waals surface area (Å²) < 4.78 is 7.02. The SMILES string of the molecule is CCN(CC)C(=O)Cn1ccc2cc(NC(=O)CNC(=O)NCc3ccco3)ccc21. The van der Waals surface area contributed by atoms with Crippen molar-refractivity contribution < 1.29 is 18.8 Å². The van der Waals surface area contributed by atoms with E-state index in [0.717, 1.165) is 10.9 Å². The van der Waals surface area contributed by atoms with Crippen molar-refractivity contribution >= 4 is 34.4 Å². The highest BCUT2D eigenvalue weighted by molar-refractivity contribution is 5.96. The first kappa shape index (κ1) is 21.9. The number of urea groups is 1. The minimum Gasteiger partial charge on any atom is -0.467 e. The van der Waals surface area contributed by atoms with Crippen molar-refractivity contribution in [3.63, 3.8) is 0 Å². The Labute approximate surface area is 180 Å². The molecule has 0 fully saturated rings. The summed E-state index contributed by atoms with van der Waals surface area (Å²) in [7, 11) is 0. The van der Waals surface area contributed by atoms with Crippen LogP contribution in [0.1, 0.15) is 19.6 Å². The number of furan rings is 1. The molecule has 2 aromatic heterocycles. The molecule has 0 radical (unpaired) electrons. The van der Waals surface area contributed by atoms with Gasteiger partial charge in [-0.2, -0.15) is 0 Å². The fraction of sp³-hybridized carbons (Fsp3) is 0.318. The fourth-order valence-electron chi connectivity index (χ4n) is 3.25. The standard InChI is InChI=1S/C22H27N5O4/c1-3-26(4-2)21(29)15-27-10-9-16-12-17(7-8-19(16)27)25-20(28)14-24-22(30)23-13-18-6-5-11-31-18/h5-12H,3-4,13-15H2,1-2H3,(H,25,28)(H2,23,24,30). The molecule has 0 bridgehead atoms. The van der Waals surface area contributed by atoms with E-state index >= 15 is 0 Å². The van der Waals surface area contributed by atoms with Crippen molar-refractivity contribution in [2.75, 3.05) is 25.0 Å². The van der Waals surface area contributed by atoms with Gasteiger partial charge in [-0.3, -0.25) is 9.59 Å². The van der Waals surface area contributed by atoms with E-state index in [1.807, 2.05) is 42.8 Å². The quantitative estimate of drug-likeness (QED) is 0.489. The molecule has 0 aliphatic heterocycles. The molecule has 0 aliphatic carbocycles. The molecule has 2 heterocycles. The Balaban J connectivity index is 1.51. The van der Waals surface area contributed by atoms with E-state index in [-0.39, 0.29) is 31.4 Å². The molecular weight excluding hydrogens is 398 g/mol. The van der Waals surface area contributed by atoms with Crippen molar-refractivity contribution in [1.82, 2.24) is 20.1 Å². The van der Waals surface area contributed by atoms with Gasteiger partial charge in [0.25, 0.3) is 0 Å². The average Bonchev–Trinajstić information content (AvgIpc) is 3.42. The lowest BCUT2D eigenvalue weighted by Gasteiger charge is -2.19. The number of carbonyl (C=O) groups excluding carboxylic acids is 3. The second kappa shape index (κ2) is 10.3. The summed E-state index contributed by atoms with van der Waals surface area (Å²) in [5.41, 5.74) is 1.53. The minimum atomic E-state index is -0.461. The van der Waals surface area contributed by atoms with Gasteiger partial charge in [-0.25, -0.2) is 4.79 Å². The molecule has 0 spiro atoms. The van der Waals surface area contributed by atoms with Crippen molar-refractivity contribution in [3.05, 3.63) is 54.6 Å². The monoisotopic (exact) mass is 425 g/mol. The van der Waals surface area contributed by atoms with Crippen LogP contribution >= 0.6 is 0 Å². The third-order valence-electron chi connectivity index (χ3n) is 4.89. The number of anilines is 1. The zero-order chi connectivity index (χ0) is 22.2. The molecule has 0 aliphatic rings. The number of rotatable bonds is 9. The first-order valence-corrected chi connectivity index (χ1v) is 10.2. The van der Waals surface area contributed by atoms with Crippen LogP contribution < -0.4 is 16.0 Å². The Morgan fingerprint density at radius 1 is 1.06 bits per heavy atom. The van der Waals surface area contributed by atoms with Gasteiger partial charge >= 0.3 is 6.03 Å². The summed E-state index contributed by atoms with van der Waals surface area (Å²) in [4.78, 5) is 38.1. The summed E-state index contributed by atoms with van der Waals surface area (Å²) in [5, 5.41) is 8.78. The maximum atomic E-state index is 12.4. The number of fused-ring (bicyclic) bond motifs is 1. The highest BCUT2D eigenvalue weighted by Crippen LogP contribution is 2.20. The number of hydrogen-bond acceptors (Lipinski definition) is 4. The van der Waals surface area contributed by atoms with Crippen molar-refractivity contribution in [2.45, 2.75) is 26.9 Å². The molecule has 0 saturated carbocycles. The number of aromatic nitrogens is 1. The van der Waals surface area contributed by atoms with Gasteiger partial charge in [-0.05, 0) is 50.2 Å². The summed E-state index contributed by atoms with van der Waals surface area (Å²) >= 11 is 0. The molecule has 9 heteroatoms. The highest BCUT2D eigenvalue weighted by atomic mass is 16.3. The molecule has 4 amide bonds. The number of hydrogen-bond donors (Lipinski definition) is 3. The maximum absolute atomic E-state index is 12.4. The van der Waals surface area contributed by atoms with Crippen molar-refractivity contribution in [2.24, 2.45) is 0 Å². The van der Waals surface area contributed by atoms with Crippen LogP contribution in [0.5, 0.6) is 0 Å². The molecule has 0 saturated heterocycles. The number of nitrogens with one attached hydrogen (secondary N) is 3. The van der Waals surface area contributed by atoms with Crippen LogP contribution in [0.3, 0.4) is 0 Å². The molecule has 3 rings (SSSR count). The predicted octanol–water partition coefficient (Wildman–Crippen LogP) is 2.54. The summed E-state index contributed by atoms with van der Waals surface area (Å²) in [6.45, 7) is 5.63. The Bertz CT molecular complexity index is 1040. The molecule has 0 atom stereocenters. The topological polar surface area (TPSA) is 109 Å². The predicted molar refractivity (Wildman–Crippen MR) is 117 cm³/mol. The van der Waals surface area contributed by atoms with Crippen molar-refractivity contribution in [1.29, 1.82) is 0 Å². The van der Waals surface area contributed by atoms with Crippen LogP contribution in [0.25, 0.3) is 10.9 Å². The Morgan fingerprint density at radius 2 is 1.87 bits per heavy atom. The molecular formula is C22H27N5O4. The van der Waals surface area contributed by atoms with Crippen LogP contribution in [-0.2, 0) is 22.7 Å². The normalized spacial score (nSPS) is 10.6. The highest BCUT2D eigenvalue weighted by Gasteiger charge is 2.12. The van der Waals surface area contributed by atoms with E-state index < -0.39 is 6.03 Å². The van der Waals surface area contributed by atoms with E-state index in [4.69, 9.17) is 4.42 Å². The second-order valence-corrected chi connectivity index (χ2v) is 6.95. The summed E-state index contributed by atoms with van der Waals surface area (Å²) in [6.07, 6.45) is 3.39. The molecule has 31 heavy (non-hydrogen) atoms. The van der Waals surface area contributed by atoms with E-state index in [1.54, 1.807) is 23.1 Å². The largest absolute Gasteiger partial charge is 0.467 e. The fourth-order valence-corrected chi connectivity index (χ4v) is 3.25. The first-order valence-electron chi connectivity index (χ1n) is 10.2. The number of amides is 4. The molecule has 9 nitrogen and oxygen atoms in total. The zero-order valence-corrected chi connectivity index (χ0v) is 17.7. The van der Waals surface area contributed by atoms with Gasteiger partial charge in [-0.1, -0.05) is 0 Å². The number of benzene rings is 1. The van der Waals surface area contributed by atoms with Crippen molar-refractivity contribution in [3.8, 4) is 0 Å². The maximum Gasteiger partial charge on any atom is 0.315 e. The van der Waals surface area contributed by atoms with Gasteiger partial charge in [0.15, 0.2) is 0 Å². The Morgan fingerprint density at radius 3 is 2.58 bits per heavy atom. The lowest BCUT2D eigenvalue weighted by atomic mass is 10.2. The molecule has 0 unspecified atom stereocenters. The first-order chi connectivity index (χ1) is 15.0. The van der Waals surface area contributed by atoms with Gasteiger partial charge in [0.1, 0.15) is 12.3 Å². The summed E-state index contributed by atoms with van der Waals surface area (Å²) in [6, 6.07) is 10.4. The number of carbonyl (C=O) groups is 3. The number of nitrogens with zero attached hydrogens (tertiary/aromatic N) is 2. The molecule has 3 N–H and O–H groups in total. The molecule has 1 aromatic carbocycles. The van der Waals surface area contributed by atoms with E-state index in [2.05, 4.69) is 16.0 Å². The van der Waals surface area contributed by atoms with Gasteiger partial charge in [0, 0.05) is 35.9 Å². The van der Waals surface area contributed by atoms with Crippen LogP contribution in [-0.4, -0.2) is 46.9 Å². The second-order valence-electron chi connectivity index (χ2n) is 6.95. The van der Waals surface area contributed by atoms with Gasteiger partial charge in [0.2, 0.25) is 11.8 Å². The van der Waals surface area contributed by atoms with E-state index in [9.17, 15) is 14.4 Å². The lowest BCUT2D eigenvalue weighted by molar-refractivity contribution is -0.131. The summed E-state index contributed by atoms with van der Waals surface area (Å²) in [5.74, 6) is 0.346. The average molecular weight is 425 g/mol. The minimum absolute atomic E-state index is 0.0660. The smallest absolute Gasteiger partial charge is 0.315 e. The van der Waals surface area contributed by atoms with E-state index in [0.29, 0.717) is 24.5 Å². The third kappa shape index (κ3) is 5.88. The third-order valence-corrected chi connectivity index (χ3v) is 4.89. The van der Waals surface area contributed by atoms with Gasteiger partial charge in [0.05, 0.1) is 19.4 Å². The zero-order valence-electron chi connectivity index (χ0n) is 17.7. The Kier molecular flexibility index (Phi) is 7.31. The molecule has 164 valence electrons. The Hall–Kier alpha value is -3.75. The van der Waals surface area contributed by atoms with Crippen LogP contribution in [0.4, 0.5) is 10.5 Å². The van der Waals surface area contributed by atoms with Crippen LogP contribution in [0, 0.1) is 0 Å². The van der Waals surface area contributed by atoms with Crippen LogP contribution in [0.15, 0.2) is 53.3 Å². The van der Waals surface area contributed by atoms with Gasteiger partial charge in [-0.15, -0.1) is 0 Å².